The van der Waals surface area contributed by atoms with E-state index in [1.165, 1.54) is 0 Å². The summed E-state index contributed by atoms with van der Waals surface area (Å²) in [5.74, 6) is 0.752. The third-order valence-corrected chi connectivity index (χ3v) is 3.32. The molecule has 0 atom stereocenters. The Hall–Kier alpha value is -2.91. The lowest BCUT2D eigenvalue weighted by Crippen LogP contribution is -2.05. The highest BCUT2D eigenvalue weighted by molar-refractivity contribution is 5.79. The van der Waals surface area contributed by atoms with Gasteiger partial charge in [0.25, 0.3) is 0 Å². The highest BCUT2D eigenvalue weighted by atomic mass is 16.3. The Labute approximate surface area is 127 Å². The van der Waals surface area contributed by atoms with Gasteiger partial charge >= 0.3 is 0 Å². The smallest absolute Gasteiger partial charge is 0.126 e. The van der Waals surface area contributed by atoms with Crippen molar-refractivity contribution in [2.24, 2.45) is 0 Å². The first kappa shape index (κ1) is 14.0. The molecule has 3 heterocycles. The zero-order valence-corrected chi connectivity index (χ0v) is 11.9. The molecule has 0 aromatic carbocycles. The maximum atomic E-state index is 9.03. The van der Waals surface area contributed by atoms with Gasteiger partial charge in [-0.2, -0.15) is 10.4 Å². The van der Waals surface area contributed by atoms with Crippen molar-refractivity contribution in [1.82, 2.24) is 14.6 Å². The van der Waals surface area contributed by atoms with E-state index in [1.54, 1.807) is 29.0 Å². The first-order valence-electron chi connectivity index (χ1n) is 7.01. The van der Waals surface area contributed by atoms with E-state index >= 15 is 0 Å². The van der Waals surface area contributed by atoms with E-state index < -0.39 is 0 Å². The first-order chi connectivity index (χ1) is 10.8. The summed E-state index contributed by atoms with van der Waals surface area (Å²) in [4.78, 5) is 4.56. The number of pyridine rings is 2. The third-order valence-electron chi connectivity index (χ3n) is 3.32. The van der Waals surface area contributed by atoms with Crippen LogP contribution in [0, 0.1) is 11.3 Å². The first-order valence-corrected chi connectivity index (χ1v) is 7.01. The molecule has 0 fully saturated rings. The van der Waals surface area contributed by atoms with Gasteiger partial charge in [0.1, 0.15) is 5.82 Å². The molecule has 0 bridgehead atoms. The predicted octanol–water partition coefficient (Wildman–Crippen LogP) is 2.06. The van der Waals surface area contributed by atoms with E-state index in [0.29, 0.717) is 18.5 Å². The highest BCUT2D eigenvalue weighted by Gasteiger charge is 2.09. The monoisotopic (exact) mass is 293 g/mol. The molecule has 2 N–H and O–H groups in total. The van der Waals surface area contributed by atoms with Gasteiger partial charge in [-0.3, -0.25) is 0 Å². The molecule has 6 heteroatoms. The van der Waals surface area contributed by atoms with Gasteiger partial charge in [-0.25, -0.2) is 9.50 Å². The fourth-order valence-corrected chi connectivity index (χ4v) is 2.23. The van der Waals surface area contributed by atoms with Crippen molar-refractivity contribution in [1.29, 1.82) is 5.26 Å². The average Bonchev–Trinajstić information content (AvgIpc) is 2.98. The summed E-state index contributed by atoms with van der Waals surface area (Å²) >= 11 is 0. The Kier molecular flexibility index (Phi) is 3.99. The van der Waals surface area contributed by atoms with Gasteiger partial charge < -0.3 is 10.4 Å². The molecule has 0 aliphatic heterocycles. The van der Waals surface area contributed by atoms with Gasteiger partial charge in [-0.15, -0.1) is 0 Å². The van der Waals surface area contributed by atoms with E-state index in [-0.39, 0.29) is 6.61 Å². The molecule has 3 aromatic heterocycles. The molecule has 0 aliphatic rings. The molecule has 0 saturated carbocycles. The number of nitrogens with zero attached hydrogens (tertiary/aromatic N) is 4. The van der Waals surface area contributed by atoms with Crippen molar-refractivity contribution < 1.29 is 5.11 Å². The van der Waals surface area contributed by atoms with Crippen LogP contribution in [0.4, 0.5) is 5.82 Å². The molecule has 0 unspecified atom stereocenters. The predicted molar refractivity (Wildman–Crippen MR) is 83.3 cm³/mol. The van der Waals surface area contributed by atoms with E-state index in [9.17, 15) is 0 Å². The second-order valence-corrected chi connectivity index (χ2v) is 4.83. The normalized spacial score (nSPS) is 10.5. The van der Waals surface area contributed by atoms with Crippen LogP contribution in [0.1, 0.15) is 12.0 Å². The lowest BCUT2D eigenvalue weighted by Gasteiger charge is -2.06. The van der Waals surface area contributed by atoms with Crippen LogP contribution < -0.4 is 5.32 Å². The highest BCUT2D eigenvalue weighted by Crippen LogP contribution is 2.24. The van der Waals surface area contributed by atoms with Crippen molar-refractivity contribution in [2.45, 2.75) is 6.42 Å². The number of fused-ring (bicyclic) bond motifs is 1. The zero-order chi connectivity index (χ0) is 15.4. The number of aromatic nitrogens is 3. The van der Waals surface area contributed by atoms with E-state index in [1.807, 2.05) is 18.2 Å². The summed E-state index contributed by atoms with van der Waals surface area (Å²) in [5.41, 5.74) is 3.10. The summed E-state index contributed by atoms with van der Waals surface area (Å²) < 4.78 is 1.73. The van der Waals surface area contributed by atoms with Crippen LogP contribution >= 0.6 is 0 Å². The fraction of sp³-hybridized carbons (Fsp3) is 0.188. The van der Waals surface area contributed by atoms with E-state index in [0.717, 1.165) is 22.6 Å². The number of hydrogen-bond donors (Lipinski definition) is 2. The van der Waals surface area contributed by atoms with Crippen LogP contribution in [0.5, 0.6) is 0 Å². The quantitative estimate of drug-likeness (QED) is 0.703. The van der Waals surface area contributed by atoms with Crippen LogP contribution in [-0.4, -0.2) is 32.9 Å². The summed E-state index contributed by atoms with van der Waals surface area (Å²) in [6, 6.07) is 11.4. The summed E-state index contributed by atoms with van der Waals surface area (Å²) in [7, 11) is 0. The number of aliphatic hydroxyl groups excluding tert-OH is 1. The summed E-state index contributed by atoms with van der Waals surface area (Å²) in [6.45, 7) is 0.817. The zero-order valence-electron chi connectivity index (χ0n) is 11.9. The standard InChI is InChI=1S/C16H15N5O/c17-10-12-5-7-21-15(9-12)13(11-19-21)14-3-1-4-16(20-14)18-6-2-8-22/h1,3-5,7,9,11,22H,2,6,8H2,(H,18,20). The SMILES string of the molecule is N#Cc1ccn2ncc(-c3cccc(NCCCO)n3)c2c1. The second kappa shape index (κ2) is 6.24. The Bertz CT molecular complexity index is 834. The van der Waals surface area contributed by atoms with Crippen LogP contribution in [0.25, 0.3) is 16.8 Å². The molecule has 110 valence electrons. The van der Waals surface area contributed by atoms with Gasteiger partial charge in [0.2, 0.25) is 0 Å². The molecule has 0 spiro atoms. The van der Waals surface area contributed by atoms with Crippen molar-refractivity contribution in [2.75, 3.05) is 18.5 Å². The summed E-state index contributed by atoms with van der Waals surface area (Å²) in [6.07, 6.45) is 4.19. The third kappa shape index (κ3) is 2.75. The Balaban J connectivity index is 1.97. The van der Waals surface area contributed by atoms with Gasteiger partial charge in [0.05, 0.1) is 29.0 Å². The lowest BCUT2D eigenvalue weighted by atomic mass is 10.1. The molecular weight excluding hydrogens is 278 g/mol. The molecule has 0 amide bonds. The minimum atomic E-state index is 0.150. The van der Waals surface area contributed by atoms with Crippen LogP contribution in [0.15, 0.2) is 42.7 Å². The fourth-order valence-electron chi connectivity index (χ4n) is 2.23. The molecular formula is C16H15N5O. The molecule has 3 aromatic rings. The van der Waals surface area contributed by atoms with E-state index in [4.69, 9.17) is 10.4 Å². The Morgan fingerprint density at radius 1 is 1.32 bits per heavy atom. The van der Waals surface area contributed by atoms with Crippen molar-refractivity contribution >= 4 is 11.3 Å². The summed E-state index contributed by atoms with van der Waals surface area (Å²) in [5, 5.41) is 25.3. The number of aliphatic hydroxyl groups is 1. The number of rotatable bonds is 5. The second-order valence-electron chi connectivity index (χ2n) is 4.83. The van der Waals surface area contributed by atoms with E-state index in [2.05, 4.69) is 21.5 Å². The van der Waals surface area contributed by atoms with Crippen LogP contribution in [-0.2, 0) is 0 Å². The molecule has 0 aliphatic carbocycles. The van der Waals surface area contributed by atoms with Gasteiger partial charge in [-0.1, -0.05) is 6.07 Å². The molecule has 3 rings (SSSR count). The van der Waals surface area contributed by atoms with Crippen molar-refractivity contribution in [3.8, 4) is 17.3 Å². The van der Waals surface area contributed by atoms with Gasteiger partial charge in [-0.05, 0) is 30.7 Å². The topological polar surface area (TPSA) is 86.2 Å². The minimum Gasteiger partial charge on any atom is -0.396 e. The van der Waals surface area contributed by atoms with Crippen LogP contribution in [0.3, 0.4) is 0 Å². The molecule has 22 heavy (non-hydrogen) atoms. The van der Waals surface area contributed by atoms with Crippen LogP contribution in [0.2, 0.25) is 0 Å². The maximum absolute atomic E-state index is 9.03. The van der Waals surface area contributed by atoms with Crippen molar-refractivity contribution in [3.63, 3.8) is 0 Å². The maximum Gasteiger partial charge on any atom is 0.126 e. The number of anilines is 1. The number of nitrogens with one attached hydrogen (secondary N) is 1. The number of hydrogen-bond acceptors (Lipinski definition) is 5. The number of nitriles is 1. The molecule has 0 radical (unpaired) electrons. The Morgan fingerprint density at radius 3 is 3.05 bits per heavy atom. The average molecular weight is 293 g/mol. The molecule has 0 saturated heterocycles. The lowest BCUT2D eigenvalue weighted by molar-refractivity contribution is 0.292. The van der Waals surface area contributed by atoms with Gasteiger partial charge in [0, 0.05) is 24.9 Å². The molecule has 6 nitrogen and oxygen atoms in total. The minimum absolute atomic E-state index is 0.150. The van der Waals surface area contributed by atoms with Gasteiger partial charge in [0.15, 0.2) is 0 Å². The van der Waals surface area contributed by atoms with Crippen molar-refractivity contribution in [3.05, 3.63) is 48.3 Å². The largest absolute Gasteiger partial charge is 0.396 e. The Morgan fingerprint density at radius 2 is 2.23 bits per heavy atom.